The summed E-state index contributed by atoms with van der Waals surface area (Å²) in [6, 6.07) is 9.30. The Balaban J connectivity index is 0.000000640. The fourth-order valence-electron chi connectivity index (χ4n) is 2.57. The van der Waals surface area contributed by atoms with E-state index in [0.29, 0.717) is 6.04 Å². The molecule has 0 saturated carbocycles. The summed E-state index contributed by atoms with van der Waals surface area (Å²) in [6.45, 7) is 2.53. The third-order valence-corrected chi connectivity index (χ3v) is 3.31. The average molecular weight is 193 g/mol. The maximum atomic E-state index is 2.59. The molecule has 2 aliphatic rings. The summed E-state index contributed by atoms with van der Waals surface area (Å²) >= 11 is 0. The molecule has 1 aromatic carbocycles. The zero-order valence-corrected chi connectivity index (χ0v) is 9.32. The molecule has 0 radical (unpaired) electrons. The first-order chi connectivity index (χ1) is 6.95. The topological polar surface area (TPSA) is 3.24 Å². The van der Waals surface area contributed by atoms with Gasteiger partial charge < -0.3 is 1.43 Å². The van der Waals surface area contributed by atoms with E-state index in [-0.39, 0.29) is 20.3 Å². The van der Waals surface area contributed by atoms with Crippen LogP contribution in [0.1, 0.15) is 31.4 Å². The first-order valence-electron chi connectivity index (χ1n) is 5.46. The third kappa shape index (κ3) is 1.93. The molecule has 1 aliphatic heterocycles. The quantitative estimate of drug-likeness (QED) is 0.566. The summed E-state index contributed by atoms with van der Waals surface area (Å²) < 4.78 is 0. The largest absolute Gasteiger partial charge is 1.00 e. The van der Waals surface area contributed by atoms with E-state index < -0.39 is 0 Å². The smallest absolute Gasteiger partial charge is 1.00 e. The summed E-state index contributed by atoms with van der Waals surface area (Å²) in [5.74, 6) is 0. The molecule has 1 unspecified atom stereocenters. The van der Waals surface area contributed by atoms with Crippen molar-refractivity contribution >= 4 is 6.08 Å². The Morgan fingerprint density at radius 1 is 1.13 bits per heavy atom. The Bertz CT molecular complexity index is 372. The molecule has 1 atom stereocenters. The standard InChI is InChI=1S/C13H15N.Li.H/c1-2-6-12-11(5-1)7-8-13(12)14-9-3-4-10-14;;/h1-2,5-8,13H,3-4,9-10H2;;/q;+1;-1. The number of nitrogens with zero attached hydrogens (tertiary/aromatic N) is 1. The molecule has 3 rings (SSSR count). The van der Waals surface area contributed by atoms with Crippen molar-refractivity contribution in [2.45, 2.75) is 18.9 Å². The molecule has 1 saturated heterocycles. The number of fused-ring (bicyclic) bond motifs is 1. The predicted molar refractivity (Wildman–Crippen MR) is 60.1 cm³/mol. The van der Waals surface area contributed by atoms with Crippen LogP contribution < -0.4 is 18.9 Å². The van der Waals surface area contributed by atoms with Crippen molar-refractivity contribution in [1.82, 2.24) is 4.90 Å². The Labute approximate surface area is 105 Å². The van der Waals surface area contributed by atoms with E-state index in [2.05, 4.69) is 41.3 Å². The zero-order valence-electron chi connectivity index (χ0n) is 10.3. The molecule has 2 heteroatoms. The summed E-state index contributed by atoms with van der Waals surface area (Å²) in [5, 5.41) is 0. The third-order valence-electron chi connectivity index (χ3n) is 3.31. The van der Waals surface area contributed by atoms with Crippen molar-refractivity contribution in [3.8, 4) is 0 Å². The molecule has 15 heavy (non-hydrogen) atoms. The number of rotatable bonds is 1. The molecule has 1 aliphatic carbocycles. The van der Waals surface area contributed by atoms with Crippen LogP contribution in [0.25, 0.3) is 6.08 Å². The fourth-order valence-corrected chi connectivity index (χ4v) is 2.57. The Morgan fingerprint density at radius 3 is 2.67 bits per heavy atom. The van der Waals surface area contributed by atoms with Gasteiger partial charge in [0, 0.05) is 0 Å². The van der Waals surface area contributed by atoms with Gasteiger partial charge in [-0.25, -0.2) is 0 Å². The van der Waals surface area contributed by atoms with E-state index in [0.717, 1.165) is 0 Å². The van der Waals surface area contributed by atoms with Crippen LogP contribution in [0.2, 0.25) is 0 Å². The predicted octanol–water partition coefficient (Wildman–Crippen LogP) is -0.0332. The normalized spacial score (nSPS) is 23.9. The van der Waals surface area contributed by atoms with Gasteiger partial charge in [-0.1, -0.05) is 36.4 Å². The molecule has 0 amide bonds. The molecule has 1 heterocycles. The maximum absolute atomic E-state index is 2.59. The van der Waals surface area contributed by atoms with Crippen LogP contribution in [0.4, 0.5) is 0 Å². The van der Waals surface area contributed by atoms with Crippen LogP contribution in [0, 0.1) is 0 Å². The van der Waals surface area contributed by atoms with Crippen molar-refractivity contribution in [2.75, 3.05) is 13.1 Å². The van der Waals surface area contributed by atoms with E-state index in [9.17, 15) is 0 Å². The number of hydrogen-bond acceptors (Lipinski definition) is 1. The number of benzene rings is 1. The van der Waals surface area contributed by atoms with Crippen LogP contribution in [0.5, 0.6) is 0 Å². The van der Waals surface area contributed by atoms with Crippen LogP contribution in [0.3, 0.4) is 0 Å². The SMILES string of the molecule is C1=CC(N2CCCC2)c2ccccc21.[H-].[Li+]. The molecule has 74 valence electrons. The minimum Gasteiger partial charge on any atom is -1.00 e. The van der Waals surface area contributed by atoms with E-state index in [1.165, 1.54) is 37.1 Å². The summed E-state index contributed by atoms with van der Waals surface area (Å²) in [6.07, 6.45) is 7.34. The van der Waals surface area contributed by atoms with Crippen LogP contribution in [0.15, 0.2) is 30.3 Å². The fraction of sp³-hybridized carbons (Fsp3) is 0.385. The molecular formula is C13H16LiN. The minimum absolute atomic E-state index is 0. The maximum Gasteiger partial charge on any atom is 1.00 e. The first-order valence-corrected chi connectivity index (χ1v) is 5.46. The molecule has 0 spiro atoms. The Morgan fingerprint density at radius 2 is 1.87 bits per heavy atom. The van der Waals surface area contributed by atoms with E-state index in [1.54, 1.807) is 0 Å². The summed E-state index contributed by atoms with van der Waals surface area (Å²) in [7, 11) is 0. The zero-order chi connectivity index (χ0) is 9.38. The second-order valence-electron chi connectivity index (χ2n) is 4.18. The van der Waals surface area contributed by atoms with Gasteiger partial charge in [0.15, 0.2) is 0 Å². The Kier molecular flexibility index (Phi) is 3.36. The van der Waals surface area contributed by atoms with Crippen LogP contribution >= 0.6 is 0 Å². The number of hydrogen-bond donors (Lipinski definition) is 0. The monoisotopic (exact) mass is 193 g/mol. The Hall–Kier alpha value is -0.483. The second-order valence-corrected chi connectivity index (χ2v) is 4.18. The second kappa shape index (κ2) is 4.57. The molecule has 1 fully saturated rings. The van der Waals surface area contributed by atoms with Gasteiger partial charge in [0.2, 0.25) is 0 Å². The van der Waals surface area contributed by atoms with Gasteiger partial charge in [-0.2, -0.15) is 0 Å². The van der Waals surface area contributed by atoms with E-state index >= 15 is 0 Å². The van der Waals surface area contributed by atoms with E-state index in [1.807, 2.05) is 0 Å². The summed E-state index contributed by atoms with van der Waals surface area (Å²) in [5.41, 5.74) is 2.90. The van der Waals surface area contributed by atoms with Gasteiger partial charge in [0.1, 0.15) is 0 Å². The van der Waals surface area contributed by atoms with Gasteiger partial charge in [0.05, 0.1) is 6.04 Å². The van der Waals surface area contributed by atoms with Crippen molar-refractivity contribution in [1.29, 1.82) is 0 Å². The van der Waals surface area contributed by atoms with Gasteiger partial charge in [-0.3, -0.25) is 4.90 Å². The van der Waals surface area contributed by atoms with Gasteiger partial charge in [-0.05, 0) is 37.1 Å². The molecular weight excluding hydrogens is 177 g/mol. The average Bonchev–Trinajstić information content (AvgIpc) is 2.85. The van der Waals surface area contributed by atoms with E-state index in [4.69, 9.17) is 0 Å². The minimum atomic E-state index is 0. The van der Waals surface area contributed by atoms with Gasteiger partial charge in [-0.15, -0.1) is 0 Å². The summed E-state index contributed by atoms with van der Waals surface area (Å²) in [4.78, 5) is 2.59. The first kappa shape index (κ1) is 11.0. The van der Waals surface area contributed by atoms with Crippen LogP contribution in [-0.2, 0) is 0 Å². The van der Waals surface area contributed by atoms with Gasteiger partial charge >= 0.3 is 18.9 Å². The molecule has 0 bridgehead atoms. The molecule has 1 nitrogen and oxygen atoms in total. The molecule has 0 aromatic heterocycles. The van der Waals surface area contributed by atoms with Crippen LogP contribution in [-0.4, -0.2) is 18.0 Å². The van der Waals surface area contributed by atoms with Crippen molar-refractivity contribution in [2.24, 2.45) is 0 Å². The van der Waals surface area contributed by atoms with Crippen molar-refractivity contribution in [3.63, 3.8) is 0 Å². The van der Waals surface area contributed by atoms with Crippen molar-refractivity contribution < 1.29 is 20.3 Å². The molecule has 0 N–H and O–H groups in total. The van der Waals surface area contributed by atoms with Gasteiger partial charge in [0.25, 0.3) is 0 Å². The number of likely N-dealkylation sites (tertiary alicyclic amines) is 1. The molecule has 1 aromatic rings. The van der Waals surface area contributed by atoms with Crippen molar-refractivity contribution in [3.05, 3.63) is 41.5 Å².